The largest absolute Gasteiger partial charge is 0.342 e. The lowest BCUT2D eigenvalue weighted by Gasteiger charge is -2.25. The number of likely N-dealkylation sites (tertiary alicyclic amines) is 1. The van der Waals surface area contributed by atoms with Gasteiger partial charge in [-0.15, -0.1) is 0 Å². The van der Waals surface area contributed by atoms with E-state index in [0.717, 1.165) is 35.2 Å². The Kier molecular flexibility index (Phi) is 4.11. The Labute approximate surface area is 158 Å². The van der Waals surface area contributed by atoms with E-state index in [9.17, 15) is 14.0 Å². The molecule has 2 aliphatic heterocycles. The van der Waals surface area contributed by atoms with Gasteiger partial charge in [-0.3, -0.25) is 15.0 Å². The average Bonchev–Trinajstić information content (AvgIpc) is 3.27. The van der Waals surface area contributed by atoms with E-state index in [4.69, 9.17) is 11.6 Å². The maximum absolute atomic E-state index is 13.1. The highest BCUT2D eigenvalue weighted by Crippen LogP contribution is 2.47. The molecule has 1 N–H and O–H groups in total. The van der Waals surface area contributed by atoms with Gasteiger partial charge in [0.25, 0.3) is 0 Å². The summed E-state index contributed by atoms with van der Waals surface area (Å²) in [4.78, 5) is 31.8. The Morgan fingerprint density at radius 2 is 2.19 bits per heavy atom. The highest BCUT2D eigenvalue weighted by molar-refractivity contribution is 7.14. The maximum atomic E-state index is 13.1. The number of nitrogens with zero attached hydrogens (tertiary/aromatic N) is 3. The number of urea groups is 1. The van der Waals surface area contributed by atoms with Gasteiger partial charge in [0, 0.05) is 42.7 Å². The van der Waals surface area contributed by atoms with Gasteiger partial charge in [-0.25, -0.2) is 9.78 Å². The number of fused-ring (bicyclic) bond motifs is 2. The zero-order valence-corrected chi connectivity index (χ0v) is 15.5. The van der Waals surface area contributed by atoms with Gasteiger partial charge < -0.3 is 4.90 Å². The van der Waals surface area contributed by atoms with Crippen LogP contribution in [0.4, 0.5) is 20.0 Å². The molecule has 1 spiro atoms. The molecule has 1 aromatic heterocycles. The number of thiazole rings is 1. The second kappa shape index (κ2) is 6.21. The number of halogens is 2. The van der Waals surface area contributed by atoms with Crippen molar-refractivity contribution in [1.29, 1.82) is 0 Å². The quantitative estimate of drug-likeness (QED) is 0.805. The molecular formula is C17H16ClFN4O2S. The van der Waals surface area contributed by atoms with Crippen molar-refractivity contribution in [2.45, 2.75) is 18.8 Å². The molecule has 0 radical (unpaired) electrons. The molecule has 136 valence electrons. The van der Waals surface area contributed by atoms with E-state index in [-0.39, 0.29) is 22.5 Å². The van der Waals surface area contributed by atoms with Crippen molar-refractivity contribution in [3.63, 3.8) is 0 Å². The molecular weight excluding hydrogens is 379 g/mol. The first kappa shape index (κ1) is 17.2. The monoisotopic (exact) mass is 394 g/mol. The van der Waals surface area contributed by atoms with Crippen LogP contribution in [0.1, 0.15) is 18.9 Å². The predicted octanol–water partition coefficient (Wildman–Crippen LogP) is 3.48. The van der Waals surface area contributed by atoms with Crippen molar-refractivity contribution < 1.29 is 14.0 Å². The number of aromatic nitrogens is 1. The standard InChI is InChI=1S/C17H16ClFN4O2S/c1-10(24)22-5-4-17(8-22)9-23(13-3-2-11(18)6-12(13)17)16(25)21-15-20-7-14(19)26-15/h2-3,6-7H,4-5,8-9H2,1H3,(H,20,21,25)/t17-/m1/s1. The van der Waals surface area contributed by atoms with Crippen LogP contribution in [0, 0.1) is 5.13 Å². The average molecular weight is 395 g/mol. The van der Waals surface area contributed by atoms with Crippen LogP contribution in [0.2, 0.25) is 5.02 Å². The minimum absolute atomic E-state index is 0.0200. The fraction of sp³-hybridized carbons (Fsp3) is 0.353. The van der Waals surface area contributed by atoms with Gasteiger partial charge in [0.1, 0.15) is 0 Å². The number of carbonyl (C=O) groups excluding carboxylic acids is 2. The summed E-state index contributed by atoms with van der Waals surface area (Å²) in [6.07, 6.45) is 1.83. The van der Waals surface area contributed by atoms with Gasteiger partial charge in [-0.2, -0.15) is 4.39 Å². The van der Waals surface area contributed by atoms with Gasteiger partial charge in [-0.1, -0.05) is 22.9 Å². The van der Waals surface area contributed by atoms with Gasteiger partial charge in [0.2, 0.25) is 5.91 Å². The first-order chi connectivity index (χ1) is 12.4. The molecule has 4 rings (SSSR count). The van der Waals surface area contributed by atoms with E-state index < -0.39 is 5.13 Å². The summed E-state index contributed by atoms with van der Waals surface area (Å²) >= 11 is 6.97. The number of amides is 3. The minimum Gasteiger partial charge on any atom is -0.342 e. The summed E-state index contributed by atoms with van der Waals surface area (Å²) in [5, 5.41) is 2.98. The molecule has 0 aliphatic carbocycles. The van der Waals surface area contributed by atoms with E-state index >= 15 is 0 Å². The number of nitrogens with one attached hydrogen (secondary N) is 1. The molecule has 1 saturated heterocycles. The highest BCUT2D eigenvalue weighted by Gasteiger charge is 2.49. The smallest absolute Gasteiger partial charge is 0.328 e. The van der Waals surface area contributed by atoms with Gasteiger partial charge in [-0.05, 0) is 30.2 Å². The van der Waals surface area contributed by atoms with E-state index in [1.807, 2.05) is 12.1 Å². The molecule has 3 heterocycles. The number of carbonyl (C=O) groups is 2. The molecule has 6 nitrogen and oxygen atoms in total. The van der Waals surface area contributed by atoms with Crippen LogP contribution in [0.5, 0.6) is 0 Å². The molecule has 0 unspecified atom stereocenters. The zero-order valence-electron chi connectivity index (χ0n) is 14.0. The lowest BCUT2D eigenvalue weighted by atomic mass is 9.81. The van der Waals surface area contributed by atoms with Crippen LogP contribution in [0.3, 0.4) is 0 Å². The second-order valence-electron chi connectivity index (χ2n) is 6.62. The van der Waals surface area contributed by atoms with Gasteiger partial charge in [0.05, 0.1) is 6.20 Å². The third-order valence-electron chi connectivity index (χ3n) is 5.02. The lowest BCUT2D eigenvalue weighted by Crippen LogP contribution is -2.41. The first-order valence-electron chi connectivity index (χ1n) is 8.13. The van der Waals surface area contributed by atoms with Crippen molar-refractivity contribution in [2.24, 2.45) is 0 Å². The van der Waals surface area contributed by atoms with Crippen molar-refractivity contribution >= 4 is 45.7 Å². The summed E-state index contributed by atoms with van der Waals surface area (Å²) in [6.45, 7) is 3.18. The Morgan fingerprint density at radius 3 is 2.85 bits per heavy atom. The number of anilines is 2. The number of benzene rings is 1. The fourth-order valence-corrected chi connectivity index (χ4v) is 4.49. The third kappa shape index (κ3) is 2.83. The van der Waals surface area contributed by atoms with Crippen LogP contribution < -0.4 is 10.2 Å². The van der Waals surface area contributed by atoms with E-state index in [1.54, 1.807) is 22.8 Å². The lowest BCUT2D eigenvalue weighted by molar-refractivity contribution is -0.127. The molecule has 2 aliphatic rings. The molecule has 1 aromatic carbocycles. The summed E-state index contributed by atoms with van der Waals surface area (Å²) < 4.78 is 13.1. The summed E-state index contributed by atoms with van der Waals surface area (Å²) in [6, 6.07) is 5.04. The third-order valence-corrected chi connectivity index (χ3v) is 5.95. The van der Waals surface area contributed by atoms with Crippen molar-refractivity contribution in [3.05, 3.63) is 40.1 Å². The Bertz CT molecular complexity index is 905. The SMILES string of the molecule is CC(=O)N1CC[C@@]2(C1)CN(C(=O)Nc1ncc(F)s1)c1ccc(Cl)cc12. The van der Waals surface area contributed by atoms with Gasteiger partial charge in [0.15, 0.2) is 10.3 Å². The van der Waals surface area contributed by atoms with E-state index in [0.29, 0.717) is 24.7 Å². The minimum atomic E-state index is -0.460. The highest BCUT2D eigenvalue weighted by atomic mass is 35.5. The molecule has 2 aromatic rings. The number of hydrogen-bond acceptors (Lipinski definition) is 4. The Balaban J connectivity index is 1.66. The van der Waals surface area contributed by atoms with Crippen LogP contribution in [-0.2, 0) is 10.2 Å². The topological polar surface area (TPSA) is 65.5 Å². The zero-order chi connectivity index (χ0) is 18.5. The molecule has 0 bridgehead atoms. The van der Waals surface area contributed by atoms with Crippen molar-refractivity contribution in [2.75, 3.05) is 29.9 Å². The van der Waals surface area contributed by atoms with Crippen LogP contribution in [0.15, 0.2) is 24.4 Å². The van der Waals surface area contributed by atoms with Gasteiger partial charge >= 0.3 is 6.03 Å². The summed E-state index contributed by atoms with van der Waals surface area (Å²) in [5.74, 6) is 0.0200. The molecule has 1 fully saturated rings. The molecule has 9 heteroatoms. The maximum Gasteiger partial charge on any atom is 0.328 e. The van der Waals surface area contributed by atoms with Crippen molar-refractivity contribution in [3.8, 4) is 0 Å². The Hall–Kier alpha value is -2.19. The van der Waals surface area contributed by atoms with Crippen molar-refractivity contribution in [1.82, 2.24) is 9.88 Å². The summed E-state index contributed by atoms with van der Waals surface area (Å²) in [5.41, 5.74) is 1.39. The summed E-state index contributed by atoms with van der Waals surface area (Å²) in [7, 11) is 0. The number of hydrogen-bond donors (Lipinski definition) is 1. The normalized spacial score (nSPS) is 21.3. The molecule has 26 heavy (non-hydrogen) atoms. The predicted molar refractivity (Wildman–Crippen MR) is 98.4 cm³/mol. The first-order valence-corrected chi connectivity index (χ1v) is 9.33. The molecule has 0 saturated carbocycles. The fourth-order valence-electron chi connectivity index (χ4n) is 3.78. The van der Waals surface area contributed by atoms with E-state index in [1.165, 1.54) is 0 Å². The second-order valence-corrected chi connectivity index (χ2v) is 8.04. The molecule has 1 atom stereocenters. The van der Waals surface area contributed by atoms with E-state index in [2.05, 4.69) is 10.3 Å². The molecule has 3 amide bonds. The van der Waals surface area contributed by atoms with Crippen LogP contribution in [-0.4, -0.2) is 41.5 Å². The van der Waals surface area contributed by atoms with Crippen LogP contribution in [0.25, 0.3) is 0 Å². The Morgan fingerprint density at radius 1 is 1.38 bits per heavy atom. The van der Waals surface area contributed by atoms with Crippen LogP contribution >= 0.6 is 22.9 Å². The number of rotatable bonds is 1.